The Morgan fingerprint density at radius 2 is 1.93 bits per heavy atom. The molecule has 3 heterocycles. The molecule has 10 nitrogen and oxygen atoms in total. The van der Waals surface area contributed by atoms with Gasteiger partial charge in [0, 0.05) is 51.5 Å². The second kappa shape index (κ2) is 8.51. The topological polar surface area (TPSA) is 96.2 Å². The van der Waals surface area contributed by atoms with Gasteiger partial charge >= 0.3 is 5.97 Å². The van der Waals surface area contributed by atoms with Gasteiger partial charge in [0.2, 0.25) is 5.91 Å². The molecule has 3 rings (SSSR count). The lowest BCUT2D eigenvalue weighted by Crippen LogP contribution is -2.50. The molecule has 0 saturated carbocycles. The van der Waals surface area contributed by atoms with Crippen LogP contribution in [0.4, 0.5) is 5.82 Å². The number of aromatic nitrogens is 4. The lowest BCUT2D eigenvalue weighted by Gasteiger charge is -2.36. The molecule has 0 aliphatic carbocycles. The van der Waals surface area contributed by atoms with E-state index in [9.17, 15) is 9.59 Å². The van der Waals surface area contributed by atoms with Gasteiger partial charge < -0.3 is 14.5 Å². The zero-order chi connectivity index (χ0) is 20.3. The van der Waals surface area contributed by atoms with Gasteiger partial charge in [0.1, 0.15) is 12.1 Å². The summed E-state index contributed by atoms with van der Waals surface area (Å²) in [5, 5.41) is 4.31. The lowest BCUT2D eigenvalue weighted by molar-refractivity contribution is -0.142. The summed E-state index contributed by atoms with van der Waals surface area (Å²) < 4.78 is 6.82. The summed E-state index contributed by atoms with van der Waals surface area (Å²) in [4.78, 5) is 38.7. The Morgan fingerprint density at radius 3 is 2.57 bits per heavy atom. The predicted molar refractivity (Wildman–Crippen MR) is 103 cm³/mol. The van der Waals surface area contributed by atoms with Crippen molar-refractivity contribution in [2.24, 2.45) is 0 Å². The molecule has 1 saturated heterocycles. The molecular weight excluding hydrogens is 362 g/mol. The maximum Gasteiger partial charge on any atom is 0.310 e. The third-order valence-electron chi connectivity index (χ3n) is 4.86. The van der Waals surface area contributed by atoms with E-state index in [1.54, 1.807) is 30.4 Å². The first-order chi connectivity index (χ1) is 13.4. The number of carbonyl (C=O) groups is 2. The second-order valence-corrected chi connectivity index (χ2v) is 7.00. The van der Waals surface area contributed by atoms with Crippen molar-refractivity contribution in [3.63, 3.8) is 0 Å². The Bertz CT molecular complexity index is 856. The van der Waals surface area contributed by atoms with E-state index in [1.165, 1.54) is 6.33 Å². The van der Waals surface area contributed by atoms with E-state index < -0.39 is 0 Å². The summed E-state index contributed by atoms with van der Waals surface area (Å²) in [5.41, 5.74) is 1.54. The number of carbonyl (C=O) groups excluding carboxylic acids is 2. The van der Waals surface area contributed by atoms with Crippen LogP contribution in [0.1, 0.15) is 18.2 Å². The molecule has 2 aromatic rings. The molecule has 0 unspecified atom stereocenters. The van der Waals surface area contributed by atoms with Crippen molar-refractivity contribution >= 4 is 23.5 Å². The number of rotatable bonds is 6. The highest BCUT2D eigenvalue weighted by atomic mass is 16.5. The molecule has 28 heavy (non-hydrogen) atoms. The third kappa shape index (κ3) is 4.22. The first-order valence-corrected chi connectivity index (χ1v) is 9.43. The molecule has 152 valence electrons. The van der Waals surface area contributed by atoms with Crippen molar-refractivity contribution in [2.45, 2.75) is 20.3 Å². The van der Waals surface area contributed by atoms with Crippen molar-refractivity contribution < 1.29 is 14.3 Å². The van der Waals surface area contributed by atoms with Crippen LogP contribution in [-0.2, 0) is 20.7 Å². The van der Waals surface area contributed by atoms with Gasteiger partial charge in [0.25, 0.3) is 5.78 Å². The van der Waals surface area contributed by atoms with Crippen LogP contribution in [0.2, 0.25) is 0 Å². The zero-order valence-electron chi connectivity index (χ0n) is 16.9. The molecule has 0 aromatic carbocycles. The van der Waals surface area contributed by atoms with Crippen molar-refractivity contribution in [3.05, 3.63) is 17.6 Å². The number of hydrogen-bond acceptors (Lipinski definition) is 8. The van der Waals surface area contributed by atoms with E-state index in [2.05, 4.69) is 24.9 Å². The van der Waals surface area contributed by atoms with Gasteiger partial charge in [-0.25, -0.2) is 4.98 Å². The number of amides is 1. The van der Waals surface area contributed by atoms with E-state index in [-0.39, 0.29) is 18.3 Å². The summed E-state index contributed by atoms with van der Waals surface area (Å²) in [5.74, 6) is 1.13. The van der Waals surface area contributed by atoms with Gasteiger partial charge in [-0.05, 0) is 13.8 Å². The number of esters is 1. The fourth-order valence-corrected chi connectivity index (χ4v) is 3.31. The molecule has 0 spiro atoms. The fourth-order valence-electron chi connectivity index (χ4n) is 3.31. The minimum atomic E-state index is -0.289. The summed E-state index contributed by atoms with van der Waals surface area (Å²) in [7, 11) is 3.53. The number of fused-ring (bicyclic) bond motifs is 1. The van der Waals surface area contributed by atoms with E-state index in [0.717, 1.165) is 43.3 Å². The average Bonchev–Trinajstić information content (AvgIpc) is 3.11. The molecule has 2 aromatic heterocycles. The smallest absolute Gasteiger partial charge is 0.310 e. The Kier molecular flexibility index (Phi) is 6.08. The van der Waals surface area contributed by atoms with Crippen LogP contribution < -0.4 is 4.90 Å². The van der Waals surface area contributed by atoms with Crippen molar-refractivity contribution in [1.82, 2.24) is 29.4 Å². The van der Waals surface area contributed by atoms with Gasteiger partial charge in [-0.2, -0.15) is 14.6 Å². The maximum absolute atomic E-state index is 12.1. The quantitative estimate of drug-likeness (QED) is 0.624. The van der Waals surface area contributed by atoms with Gasteiger partial charge in [-0.3, -0.25) is 14.5 Å². The third-order valence-corrected chi connectivity index (χ3v) is 4.86. The number of hydrogen-bond donors (Lipinski definition) is 0. The summed E-state index contributed by atoms with van der Waals surface area (Å²) in [6.45, 7) is 7.34. The molecule has 0 N–H and O–H groups in total. The van der Waals surface area contributed by atoms with Crippen LogP contribution in [0.25, 0.3) is 5.78 Å². The molecule has 1 fully saturated rings. The second-order valence-electron chi connectivity index (χ2n) is 7.00. The Balaban J connectivity index is 1.84. The molecule has 1 aliphatic rings. The zero-order valence-corrected chi connectivity index (χ0v) is 16.9. The Labute approximate surface area is 164 Å². The minimum Gasteiger partial charge on any atom is -0.466 e. The number of anilines is 1. The van der Waals surface area contributed by atoms with Crippen LogP contribution in [0, 0.1) is 6.92 Å². The molecule has 0 radical (unpaired) electrons. The van der Waals surface area contributed by atoms with E-state index >= 15 is 0 Å². The highest BCUT2D eigenvalue weighted by Crippen LogP contribution is 2.25. The minimum absolute atomic E-state index is 0.0925. The van der Waals surface area contributed by atoms with Gasteiger partial charge in [0.05, 0.1) is 19.6 Å². The molecule has 1 amide bonds. The average molecular weight is 389 g/mol. The van der Waals surface area contributed by atoms with Crippen LogP contribution >= 0.6 is 0 Å². The molecule has 0 atom stereocenters. The highest BCUT2D eigenvalue weighted by molar-refractivity contribution is 5.78. The number of piperazine rings is 1. The molecule has 10 heteroatoms. The van der Waals surface area contributed by atoms with Crippen molar-refractivity contribution in [2.75, 3.05) is 58.3 Å². The Hall–Kier alpha value is -2.75. The van der Waals surface area contributed by atoms with E-state index in [1.807, 2.05) is 6.92 Å². The van der Waals surface area contributed by atoms with Crippen LogP contribution in [0.5, 0.6) is 0 Å². The lowest BCUT2D eigenvalue weighted by atomic mass is 10.1. The predicted octanol–water partition coefficient (Wildman–Crippen LogP) is -0.251. The monoisotopic (exact) mass is 389 g/mol. The molecule has 0 bridgehead atoms. The number of likely N-dealkylation sites (N-methyl/N-ethyl adjacent to an activating group) is 1. The normalized spacial score (nSPS) is 15.1. The van der Waals surface area contributed by atoms with Gasteiger partial charge in [0.15, 0.2) is 0 Å². The SMILES string of the molecule is CCOC(=O)Cc1c(C)nc2ncnn2c1N1CCN(CC(=O)N(C)C)CC1. The van der Waals surface area contributed by atoms with Crippen LogP contribution in [0.15, 0.2) is 6.33 Å². The molecule has 1 aliphatic heterocycles. The van der Waals surface area contributed by atoms with Crippen molar-refractivity contribution in [1.29, 1.82) is 0 Å². The standard InChI is InChI=1S/C18H27N7O3/c1-5-28-16(27)10-14-13(2)21-18-19-12-20-25(18)17(14)24-8-6-23(7-9-24)11-15(26)22(3)4/h12H,5-11H2,1-4H3. The van der Waals surface area contributed by atoms with Crippen LogP contribution in [-0.4, -0.2) is 94.7 Å². The van der Waals surface area contributed by atoms with Gasteiger partial charge in [-0.1, -0.05) is 0 Å². The van der Waals surface area contributed by atoms with Crippen LogP contribution in [0.3, 0.4) is 0 Å². The summed E-state index contributed by atoms with van der Waals surface area (Å²) in [6.07, 6.45) is 1.60. The maximum atomic E-state index is 12.1. The summed E-state index contributed by atoms with van der Waals surface area (Å²) in [6, 6.07) is 0. The highest BCUT2D eigenvalue weighted by Gasteiger charge is 2.26. The largest absolute Gasteiger partial charge is 0.466 e. The Morgan fingerprint density at radius 1 is 1.21 bits per heavy atom. The number of ether oxygens (including phenoxy) is 1. The first-order valence-electron chi connectivity index (χ1n) is 9.43. The first kappa shape index (κ1) is 20.0. The van der Waals surface area contributed by atoms with E-state index in [4.69, 9.17) is 4.74 Å². The summed E-state index contributed by atoms with van der Waals surface area (Å²) >= 11 is 0. The fraction of sp³-hybridized carbons (Fsp3) is 0.611. The number of nitrogens with zero attached hydrogens (tertiary/aromatic N) is 7. The number of aryl methyl sites for hydroxylation is 1. The molecular formula is C18H27N7O3. The van der Waals surface area contributed by atoms with Crippen molar-refractivity contribution in [3.8, 4) is 0 Å². The van der Waals surface area contributed by atoms with Gasteiger partial charge in [-0.15, -0.1) is 0 Å². The van der Waals surface area contributed by atoms with E-state index in [0.29, 0.717) is 18.9 Å².